The number of hydrogen-bond donors (Lipinski definition) is 0. The molecule has 1 aliphatic rings. The van der Waals surface area contributed by atoms with E-state index in [0.717, 1.165) is 17.0 Å². The van der Waals surface area contributed by atoms with E-state index in [-0.39, 0.29) is 12.7 Å². The van der Waals surface area contributed by atoms with Crippen molar-refractivity contribution in [3.05, 3.63) is 54.0 Å². The molecule has 0 N–H and O–H groups in total. The molecule has 0 saturated heterocycles. The fraction of sp³-hybridized carbons (Fsp3) is 0.300. The van der Waals surface area contributed by atoms with Crippen LogP contribution >= 0.6 is 0 Å². The van der Waals surface area contributed by atoms with Crippen LogP contribution in [0.15, 0.2) is 42.6 Å². The van der Waals surface area contributed by atoms with Gasteiger partial charge in [-0.25, -0.2) is 4.98 Å². The van der Waals surface area contributed by atoms with E-state index in [9.17, 15) is 4.79 Å². The number of nitrogens with zero attached hydrogens (tertiary/aromatic N) is 3. The van der Waals surface area contributed by atoms with E-state index in [1.807, 2.05) is 35.7 Å². The van der Waals surface area contributed by atoms with Crippen LogP contribution in [0, 0.1) is 6.92 Å². The number of aryl methyl sites for hydroxylation is 1. The molecule has 1 atom stereocenters. The topological polar surface area (TPSA) is 65.3 Å². The van der Waals surface area contributed by atoms with E-state index in [1.54, 1.807) is 37.1 Å². The van der Waals surface area contributed by atoms with Gasteiger partial charge in [-0.1, -0.05) is 6.07 Å². The zero-order valence-electron chi connectivity index (χ0n) is 15.5. The molecule has 0 unspecified atom stereocenters. The first-order chi connectivity index (χ1) is 13.0. The lowest BCUT2D eigenvalue weighted by Gasteiger charge is -2.22. The highest BCUT2D eigenvalue weighted by molar-refractivity contribution is 5.80. The summed E-state index contributed by atoms with van der Waals surface area (Å²) < 4.78 is 18.4. The van der Waals surface area contributed by atoms with Gasteiger partial charge in [0, 0.05) is 19.3 Å². The minimum Gasteiger partial charge on any atom is -0.481 e. The van der Waals surface area contributed by atoms with Crippen molar-refractivity contribution in [3.8, 4) is 17.2 Å². The Kier molecular flexibility index (Phi) is 4.35. The van der Waals surface area contributed by atoms with Gasteiger partial charge in [-0.05, 0) is 38.1 Å². The van der Waals surface area contributed by atoms with E-state index < -0.39 is 6.10 Å². The molecule has 2 aromatic heterocycles. The SMILES string of the molecule is Cc1nc2ccccn2c1CN(C)C(=O)[C@@H](C)Oc1ccc2c(c1)OCO2. The zero-order chi connectivity index (χ0) is 19.0. The predicted octanol–water partition coefficient (Wildman–Crippen LogP) is 2.80. The van der Waals surface area contributed by atoms with Gasteiger partial charge in [-0.2, -0.15) is 0 Å². The van der Waals surface area contributed by atoms with E-state index in [1.165, 1.54) is 0 Å². The van der Waals surface area contributed by atoms with E-state index in [2.05, 4.69) is 4.98 Å². The highest BCUT2D eigenvalue weighted by atomic mass is 16.7. The number of likely N-dealkylation sites (N-methyl/N-ethyl adjacent to an activating group) is 1. The van der Waals surface area contributed by atoms with Crippen LogP contribution in [0.4, 0.5) is 0 Å². The Morgan fingerprint density at radius 1 is 1.30 bits per heavy atom. The Morgan fingerprint density at radius 3 is 2.96 bits per heavy atom. The van der Waals surface area contributed by atoms with Crippen LogP contribution in [0.2, 0.25) is 0 Å². The molecule has 0 aliphatic carbocycles. The van der Waals surface area contributed by atoms with Crippen molar-refractivity contribution in [2.45, 2.75) is 26.5 Å². The second-order valence-electron chi connectivity index (χ2n) is 6.54. The van der Waals surface area contributed by atoms with E-state index >= 15 is 0 Å². The van der Waals surface area contributed by atoms with E-state index in [0.29, 0.717) is 23.8 Å². The lowest BCUT2D eigenvalue weighted by atomic mass is 10.2. The van der Waals surface area contributed by atoms with Crippen LogP contribution in [-0.4, -0.2) is 40.1 Å². The molecular formula is C20H21N3O4. The van der Waals surface area contributed by atoms with Crippen molar-refractivity contribution >= 4 is 11.6 Å². The van der Waals surface area contributed by atoms with Gasteiger partial charge < -0.3 is 23.5 Å². The average Bonchev–Trinajstić information content (AvgIpc) is 3.25. The molecule has 3 aromatic rings. The molecule has 0 radical (unpaired) electrons. The summed E-state index contributed by atoms with van der Waals surface area (Å²) in [4.78, 5) is 19.0. The molecule has 1 aromatic carbocycles. The smallest absolute Gasteiger partial charge is 0.263 e. The summed E-state index contributed by atoms with van der Waals surface area (Å²) in [5, 5.41) is 0. The highest BCUT2D eigenvalue weighted by Crippen LogP contribution is 2.35. The second kappa shape index (κ2) is 6.83. The third-order valence-electron chi connectivity index (χ3n) is 4.60. The monoisotopic (exact) mass is 367 g/mol. The van der Waals surface area contributed by atoms with Crippen molar-refractivity contribution in [3.63, 3.8) is 0 Å². The fourth-order valence-corrected chi connectivity index (χ4v) is 3.17. The van der Waals surface area contributed by atoms with Gasteiger partial charge in [-0.3, -0.25) is 4.79 Å². The summed E-state index contributed by atoms with van der Waals surface area (Å²) in [6, 6.07) is 11.1. The Balaban J connectivity index is 1.46. The molecule has 4 rings (SSSR count). The van der Waals surface area contributed by atoms with Crippen LogP contribution in [0.5, 0.6) is 17.2 Å². The van der Waals surface area contributed by atoms with Gasteiger partial charge in [0.25, 0.3) is 5.91 Å². The first kappa shape index (κ1) is 17.2. The Bertz CT molecular complexity index is 998. The molecule has 7 nitrogen and oxygen atoms in total. The van der Waals surface area contributed by atoms with Gasteiger partial charge in [0.2, 0.25) is 6.79 Å². The van der Waals surface area contributed by atoms with Gasteiger partial charge in [0.05, 0.1) is 17.9 Å². The molecule has 0 bridgehead atoms. The molecule has 140 valence electrons. The summed E-state index contributed by atoms with van der Waals surface area (Å²) in [6.45, 7) is 4.34. The van der Waals surface area contributed by atoms with Gasteiger partial charge in [-0.15, -0.1) is 0 Å². The quantitative estimate of drug-likeness (QED) is 0.694. The summed E-state index contributed by atoms with van der Waals surface area (Å²) in [6.07, 6.45) is 1.32. The molecule has 0 spiro atoms. The number of amides is 1. The molecule has 7 heteroatoms. The Hall–Kier alpha value is -3.22. The van der Waals surface area contributed by atoms with Crippen molar-refractivity contribution < 1.29 is 19.0 Å². The molecular weight excluding hydrogens is 346 g/mol. The fourth-order valence-electron chi connectivity index (χ4n) is 3.17. The molecule has 0 fully saturated rings. The Morgan fingerprint density at radius 2 is 2.11 bits per heavy atom. The lowest BCUT2D eigenvalue weighted by Crippen LogP contribution is -2.37. The van der Waals surface area contributed by atoms with Crippen molar-refractivity contribution in [2.75, 3.05) is 13.8 Å². The summed E-state index contributed by atoms with van der Waals surface area (Å²) in [5.74, 6) is 1.76. The minimum atomic E-state index is -0.630. The molecule has 27 heavy (non-hydrogen) atoms. The average molecular weight is 367 g/mol. The maximum Gasteiger partial charge on any atom is 0.263 e. The number of benzene rings is 1. The predicted molar refractivity (Wildman–Crippen MR) is 99.1 cm³/mol. The van der Waals surface area contributed by atoms with Crippen molar-refractivity contribution in [1.82, 2.24) is 14.3 Å². The molecule has 3 heterocycles. The van der Waals surface area contributed by atoms with Crippen molar-refractivity contribution in [2.24, 2.45) is 0 Å². The number of hydrogen-bond acceptors (Lipinski definition) is 5. The van der Waals surface area contributed by atoms with Crippen LogP contribution in [0.1, 0.15) is 18.3 Å². The number of carbonyl (C=O) groups excluding carboxylic acids is 1. The van der Waals surface area contributed by atoms with Crippen molar-refractivity contribution in [1.29, 1.82) is 0 Å². The number of aromatic nitrogens is 2. The van der Waals surface area contributed by atoms with Gasteiger partial charge in [0.15, 0.2) is 17.6 Å². The minimum absolute atomic E-state index is 0.113. The second-order valence-corrected chi connectivity index (χ2v) is 6.54. The van der Waals surface area contributed by atoms with Crippen LogP contribution in [-0.2, 0) is 11.3 Å². The number of ether oxygens (including phenoxy) is 3. The van der Waals surface area contributed by atoms with E-state index in [4.69, 9.17) is 14.2 Å². The summed E-state index contributed by atoms with van der Waals surface area (Å²) in [5.41, 5.74) is 2.76. The summed E-state index contributed by atoms with van der Waals surface area (Å²) in [7, 11) is 1.77. The van der Waals surface area contributed by atoms with Crippen LogP contribution in [0.25, 0.3) is 5.65 Å². The van der Waals surface area contributed by atoms with Gasteiger partial charge >= 0.3 is 0 Å². The Labute approximate surface area is 157 Å². The summed E-state index contributed by atoms with van der Waals surface area (Å²) >= 11 is 0. The maximum absolute atomic E-state index is 12.8. The third kappa shape index (κ3) is 3.28. The lowest BCUT2D eigenvalue weighted by molar-refractivity contribution is -0.137. The highest BCUT2D eigenvalue weighted by Gasteiger charge is 2.22. The normalized spacial score (nSPS) is 13.6. The van der Waals surface area contributed by atoms with Crippen LogP contribution < -0.4 is 14.2 Å². The zero-order valence-corrected chi connectivity index (χ0v) is 15.5. The first-order valence-electron chi connectivity index (χ1n) is 8.77. The third-order valence-corrected chi connectivity index (χ3v) is 4.60. The number of rotatable bonds is 5. The van der Waals surface area contributed by atoms with Crippen LogP contribution in [0.3, 0.4) is 0 Å². The number of carbonyl (C=O) groups is 1. The maximum atomic E-state index is 12.8. The van der Waals surface area contributed by atoms with Gasteiger partial charge in [0.1, 0.15) is 11.4 Å². The first-order valence-corrected chi connectivity index (χ1v) is 8.77. The standard InChI is InChI=1S/C20H21N3O4/c1-13-16(23-9-5-4-6-19(23)21-13)11-22(3)20(24)14(2)27-15-7-8-17-18(10-15)26-12-25-17/h4-10,14H,11-12H2,1-3H3/t14-/m1/s1. The largest absolute Gasteiger partial charge is 0.481 e. The number of fused-ring (bicyclic) bond motifs is 2. The number of pyridine rings is 1. The molecule has 1 amide bonds. The number of imidazole rings is 1. The molecule has 0 saturated carbocycles. The molecule has 1 aliphatic heterocycles.